The molecular formula is C19H22BrN5O2S. The number of hydrogen-bond acceptors (Lipinski definition) is 5. The molecule has 1 amide bonds. The molecule has 0 radical (unpaired) electrons. The Morgan fingerprint density at radius 3 is 2.86 bits per heavy atom. The molecule has 0 unspecified atom stereocenters. The normalized spacial score (nSPS) is 17.5. The van der Waals surface area contributed by atoms with E-state index in [1.54, 1.807) is 36.1 Å². The van der Waals surface area contributed by atoms with Crippen LogP contribution in [0.25, 0.3) is 10.2 Å². The third kappa shape index (κ3) is 3.20. The fourth-order valence-corrected chi connectivity index (χ4v) is 5.31. The first-order valence-corrected chi connectivity index (χ1v) is 10.9. The third-order valence-electron chi connectivity index (χ3n) is 5.35. The van der Waals surface area contributed by atoms with Gasteiger partial charge in [-0.2, -0.15) is 5.10 Å². The van der Waals surface area contributed by atoms with Crippen LogP contribution < -0.4 is 11.0 Å². The second kappa shape index (κ2) is 7.11. The molecule has 1 aliphatic carbocycles. The number of aryl methyl sites for hydroxylation is 3. The lowest BCUT2D eigenvalue weighted by atomic mass is 9.89. The average Bonchev–Trinajstić information content (AvgIpc) is 3.16. The zero-order valence-electron chi connectivity index (χ0n) is 16.2. The van der Waals surface area contributed by atoms with Crippen molar-refractivity contribution in [2.24, 2.45) is 5.92 Å². The summed E-state index contributed by atoms with van der Waals surface area (Å²) in [4.78, 5) is 32.6. The fraction of sp³-hybridized carbons (Fsp3) is 0.474. The topological polar surface area (TPSA) is 81.8 Å². The molecule has 7 nitrogen and oxygen atoms in total. The quantitative estimate of drug-likeness (QED) is 0.644. The number of nitrogens with one attached hydrogen (secondary N) is 1. The number of rotatable bonds is 3. The van der Waals surface area contributed by atoms with Crippen molar-refractivity contribution in [1.29, 1.82) is 0 Å². The van der Waals surface area contributed by atoms with Crippen molar-refractivity contribution in [2.45, 2.75) is 53.0 Å². The van der Waals surface area contributed by atoms with Gasteiger partial charge < -0.3 is 0 Å². The van der Waals surface area contributed by atoms with Gasteiger partial charge in [-0.1, -0.05) is 6.92 Å². The van der Waals surface area contributed by atoms with Gasteiger partial charge in [0.05, 0.1) is 15.6 Å². The highest BCUT2D eigenvalue weighted by Crippen LogP contribution is 2.35. The summed E-state index contributed by atoms with van der Waals surface area (Å²) in [6.45, 7) is 7.58. The number of carbonyl (C=O) groups is 1. The molecule has 0 aromatic carbocycles. The highest BCUT2D eigenvalue weighted by molar-refractivity contribution is 9.10. The summed E-state index contributed by atoms with van der Waals surface area (Å²) in [5.74, 6) is 0.780. The highest BCUT2D eigenvalue weighted by Gasteiger charge is 2.25. The predicted molar refractivity (Wildman–Crippen MR) is 114 cm³/mol. The molecule has 0 saturated heterocycles. The lowest BCUT2D eigenvalue weighted by Gasteiger charge is -2.18. The number of halogens is 1. The fourth-order valence-electron chi connectivity index (χ4n) is 3.60. The summed E-state index contributed by atoms with van der Waals surface area (Å²) in [5, 5.41) is 4.99. The summed E-state index contributed by atoms with van der Waals surface area (Å²) in [6, 6.07) is -0.566. The molecule has 28 heavy (non-hydrogen) atoms. The third-order valence-corrected chi connectivity index (χ3v) is 7.28. The van der Waals surface area contributed by atoms with Gasteiger partial charge in [-0.25, -0.2) is 9.66 Å². The number of amides is 1. The molecule has 2 atom stereocenters. The van der Waals surface area contributed by atoms with Gasteiger partial charge in [-0.3, -0.25) is 19.7 Å². The van der Waals surface area contributed by atoms with Gasteiger partial charge in [0.15, 0.2) is 0 Å². The molecule has 1 N–H and O–H groups in total. The minimum atomic E-state index is -0.566. The van der Waals surface area contributed by atoms with Gasteiger partial charge >= 0.3 is 0 Å². The maximum absolute atomic E-state index is 13.2. The van der Waals surface area contributed by atoms with E-state index in [4.69, 9.17) is 0 Å². The van der Waals surface area contributed by atoms with Gasteiger partial charge in [-0.15, -0.1) is 11.3 Å². The van der Waals surface area contributed by atoms with Crippen LogP contribution in [0.2, 0.25) is 0 Å². The standard InChI is InChI=1S/C19H22BrN5O2S/c1-9-5-6-13-15(7-9)28-18-16(13)19(27)25(12(4)21-18)23-17(26)11(3)24-8-14(20)10(2)22-24/h8-9,11H,5-7H2,1-4H3,(H,23,26)/t9-,11+/m1/s1. The first-order chi connectivity index (χ1) is 13.3. The van der Waals surface area contributed by atoms with Crippen molar-refractivity contribution in [1.82, 2.24) is 19.4 Å². The molecule has 148 valence electrons. The summed E-state index contributed by atoms with van der Waals surface area (Å²) in [7, 11) is 0. The first-order valence-electron chi connectivity index (χ1n) is 9.32. The Bertz CT molecular complexity index is 1130. The van der Waals surface area contributed by atoms with Crippen molar-refractivity contribution in [3.63, 3.8) is 0 Å². The van der Waals surface area contributed by atoms with Crippen LogP contribution in [0.1, 0.15) is 48.3 Å². The Morgan fingerprint density at radius 2 is 2.18 bits per heavy atom. The molecule has 0 spiro atoms. The van der Waals surface area contributed by atoms with Crippen LogP contribution >= 0.6 is 27.3 Å². The lowest BCUT2D eigenvalue weighted by Crippen LogP contribution is -2.38. The van der Waals surface area contributed by atoms with E-state index in [-0.39, 0.29) is 11.5 Å². The van der Waals surface area contributed by atoms with E-state index in [0.29, 0.717) is 17.1 Å². The van der Waals surface area contributed by atoms with Gasteiger partial charge in [0.1, 0.15) is 16.7 Å². The zero-order valence-corrected chi connectivity index (χ0v) is 18.6. The summed E-state index contributed by atoms with van der Waals surface area (Å²) in [6.07, 6.45) is 4.71. The van der Waals surface area contributed by atoms with Crippen molar-refractivity contribution < 1.29 is 4.79 Å². The van der Waals surface area contributed by atoms with Crippen LogP contribution in [-0.4, -0.2) is 25.3 Å². The van der Waals surface area contributed by atoms with Gasteiger partial charge in [0.25, 0.3) is 11.5 Å². The summed E-state index contributed by atoms with van der Waals surface area (Å²) in [5.41, 5.74) is 4.44. The van der Waals surface area contributed by atoms with E-state index in [2.05, 4.69) is 38.4 Å². The average molecular weight is 464 g/mol. The van der Waals surface area contributed by atoms with Crippen LogP contribution in [0.4, 0.5) is 0 Å². The van der Waals surface area contributed by atoms with Crippen LogP contribution in [0.5, 0.6) is 0 Å². The highest BCUT2D eigenvalue weighted by atomic mass is 79.9. The monoisotopic (exact) mass is 463 g/mol. The van der Waals surface area contributed by atoms with Gasteiger partial charge in [-0.05, 0) is 67.4 Å². The molecule has 3 heterocycles. The van der Waals surface area contributed by atoms with Crippen LogP contribution in [-0.2, 0) is 17.6 Å². The Hall–Kier alpha value is -2.00. The van der Waals surface area contributed by atoms with Crippen LogP contribution in [0.15, 0.2) is 15.5 Å². The van der Waals surface area contributed by atoms with E-state index in [0.717, 1.165) is 39.8 Å². The zero-order chi connectivity index (χ0) is 20.2. The molecule has 3 aromatic rings. The Balaban J connectivity index is 1.70. The molecular weight excluding hydrogens is 442 g/mol. The smallest absolute Gasteiger partial charge is 0.271 e. The number of thiophene rings is 1. The minimum Gasteiger partial charge on any atom is -0.271 e. The Morgan fingerprint density at radius 1 is 1.43 bits per heavy atom. The lowest BCUT2D eigenvalue weighted by molar-refractivity contribution is -0.120. The van der Waals surface area contributed by atoms with Crippen molar-refractivity contribution in [2.75, 3.05) is 5.43 Å². The summed E-state index contributed by atoms with van der Waals surface area (Å²) < 4.78 is 3.69. The molecule has 0 saturated carbocycles. The molecule has 0 bridgehead atoms. The van der Waals surface area contributed by atoms with Gasteiger partial charge in [0, 0.05) is 11.1 Å². The van der Waals surface area contributed by atoms with E-state index in [1.807, 2.05) is 6.92 Å². The molecule has 0 aliphatic heterocycles. The molecule has 4 rings (SSSR count). The summed E-state index contributed by atoms with van der Waals surface area (Å²) >= 11 is 5.02. The number of nitrogens with zero attached hydrogens (tertiary/aromatic N) is 4. The van der Waals surface area contributed by atoms with Crippen LogP contribution in [0, 0.1) is 19.8 Å². The number of fused-ring (bicyclic) bond motifs is 3. The molecule has 0 fully saturated rings. The minimum absolute atomic E-state index is 0.201. The molecule has 9 heteroatoms. The van der Waals surface area contributed by atoms with Crippen molar-refractivity contribution in [3.05, 3.63) is 43.0 Å². The molecule has 1 aliphatic rings. The maximum atomic E-state index is 13.2. The molecule has 3 aromatic heterocycles. The number of aromatic nitrogens is 4. The predicted octanol–water partition coefficient (Wildman–Crippen LogP) is 3.49. The Labute approximate surface area is 174 Å². The largest absolute Gasteiger partial charge is 0.281 e. The van der Waals surface area contributed by atoms with E-state index < -0.39 is 6.04 Å². The maximum Gasteiger partial charge on any atom is 0.281 e. The van der Waals surface area contributed by atoms with Crippen LogP contribution in [0.3, 0.4) is 0 Å². The second-order valence-corrected chi connectivity index (χ2v) is 9.46. The van der Waals surface area contributed by atoms with Gasteiger partial charge in [0.2, 0.25) is 0 Å². The van der Waals surface area contributed by atoms with Crippen molar-refractivity contribution in [3.8, 4) is 0 Å². The number of hydrogen-bond donors (Lipinski definition) is 1. The Kier molecular flexibility index (Phi) is 4.91. The number of carbonyl (C=O) groups excluding carboxylic acids is 1. The van der Waals surface area contributed by atoms with Crippen molar-refractivity contribution >= 4 is 43.4 Å². The second-order valence-electron chi connectivity index (χ2n) is 7.53. The SMILES string of the molecule is Cc1nn([C@@H](C)C(=O)Nn2c(C)nc3sc4c(c3c2=O)CC[C@@H](C)C4)cc1Br. The van der Waals surface area contributed by atoms with E-state index in [9.17, 15) is 9.59 Å². The first kappa shape index (κ1) is 19.3. The van der Waals surface area contributed by atoms with E-state index >= 15 is 0 Å². The van der Waals surface area contributed by atoms with E-state index in [1.165, 1.54) is 9.55 Å².